The quantitative estimate of drug-likeness (QED) is 0.312. The SMILES string of the molecule is Cc1ccc(C(O)C(O)CCN=[N+]=[N-])c(N)c1. The Hall–Kier alpha value is -1.75. The number of hydrogen-bond acceptors (Lipinski definition) is 4. The molecule has 0 fully saturated rings. The van der Waals surface area contributed by atoms with Gasteiger partial charge in [0.05, 0.1) is 6.10 Å². The maximum absolute atomic E-state index is 9.90. The highest BCUT2D eigenvalue weighted by atomic mass is 16.3. The summed E-state index contributed by atoms with van der Waals surface area (Å²) in [6.07, 6.45) is -1.87. The number of nitrogens with two attached hydrogens (primary N) is 1. The molecule has 0 heterocycles. The molecular weight excluding hydrogens is 220 g/mol. The number of hydrogen-bond donors (Lipinski definition) is 3. The van der Waals surface area contributed by atoms with Crippen molar-refractivity contribution in [2.75, 3.05) is 12.3 Å². The molecule has 1 aromatic carbocycles. The molecule has 0 aliphatic heterocycles. The topological polar surface area (TPSA) is 115 Å². The van der Waals surface area contributed by atoms with Crippen LogP contribution in [0.4, 0.5) is 5.69 Å². The first-order valence-electron chi connectivity index (χ1n) is 5.29. The van der Waals surface area contributed by atoms with E-state index < -0.39 is 12.2 Å². The van der Waals surface area contributed by atoms with Gasteiger partial charge >= 0.3 is 0 Å². The van der Waals surface area contributed by atoms with Crippen LogP contribution in [-0.2, 0) is 0 Å². The zero-order valence-electron chi connectivity index (χ0n) is 9.61. The van der Waals surface area contributed by atoms with E-state index in [0.29, 0.717) is 11.3 Å². The molecule has 6 heteroatoms. The summed E-state index contributed by atoms with van der Waals surface area (Å²) in [4.78, 5) is 2.58. The summed E-state index contributed by atoms with van der Waals surface area (Å²) in [6, 6.07) is 5.24. The molecule has 92 valence electrons. The number of nitrogen functional groups attached to an aromatic ring is 1. The molecule has 1 aromatic rings. The lowest BCUT2D eigenvalue weighted by Gasteiger charge is -2.19. The van der Waals surface area contributed by atoms with Crippen molar-refractivity contribution in [2.45, 2.75) is 25.6 Å². The third kappa shape index (κ3) is 3.64. The Balaban J connectivity index is 2.73. The van der Waals surface area contributed by atoms with Gasteiger partial charge in [-0.3, -0.25) is 0 Å². The Morgan fingerprint density at radius 3 is 2.76 bits per heavy atom. The zero-order valence-corrected chi connectivity index (χ0v) is 9.61. The highest BCUT2D eigenvalue weighted by Crippen LogP contribution is 2.25. The molecule has 17 heavy (non-hydrogen) atoms. The molecule has 0 amide bonds. The monoisotopic (exact) mass is 236 g/mol. The predicted octanol–water partition coefficient (Wildman–Crippen LogP) is 1.67. The van der Waals surface area contributed by atoms with E-state index in [1.54, 1.807) is 12.1 Å². The second-order valence-electron chi connectivity index (χ2n) is 3.89. The molecule has 0 spiro atoms. The van der Waals surface area contributed by atoms with Crippen LogP contribution >= 0.6 is 0 Å². The molecule has 4 N–H and O–H groups in total. The standard InChI is InChI=1S/C11H16N4O2/c1-7-2-3-8(9(12)6-7)11(17)10(16)4-5-14-15-13/h2-3,6,10-11,16-17H,4-5,12H2,1H3. The molecule has 0 aliphatic carbocycles. The summed E-state index contributed by atoms with van der Waals surface area (Å²) in [7, 11) is 0. The smallest absolute Gasteiger partial charge is 0.107 e. The first-order chi connectivity index (χ1) is 8.06. The van der Waals surface area contributed by atoms with E-state index in [9.17, 15) is 10.2 Å². The average Bonchev–Trinajstić information content (AvgIpc) is 2.28. The second kappa shape index (κ2) is 6.10. The Morgan fingerprint density at radius 2 is 2.18 bits per heavy atom. The van der Waals surface area contributed by atoms with Gasteiger partial charge in [-0.05, 0) is 30.5 Å². The number of aliphatic hydroxyl groups excluding tert-OH is 2. The maximum atomic E-state index is 9.90. The van der Waals surface area contributed by atoms with E-state index in [1.165, 1.54) is 0 Å². The minimum absolute atomic E-state index is 0.139. The molecular formula is C11H16N4O2. The van der Waals surface area contributed by atoms with Crippen molar-refractivity contribution >= 4 is 5.69 Å². The van der Waals surface area contributed by atoms with Crippen molar-refractivity contribution in [1.29, 1.82) is 0 Å². The van der Waals surface area contributed by atoms with Crippen molar-refractivity contribution in [2.24, 2.45) is 5.11 Å². The summed E-state index contributed by atoms with van der Waals surface area (Å²) in [5.41, 5.74) is 15.8. The van der Waals surface area contributed by atoms with Crippen LogP contribution in [0.15, 0.2) is 23.3 Å². The van der Waals surface area contributed by atoms with Gasteiger partial charge in [0.15, 0.2) is 0 Å². The third-order valence-corrected chi connectivity index (χ3v) is 2.51. The first kappa shape index (κ1) is 13.3. The van der Waals surface area contributed by atoms with Gasteiger partial charge in [-0.15, -0.1) is 0 Å². The molecule has 6 nitrogen and oxygen atoms in total. The van der Waals surface area contributed by atoms with E-state index in [1.807, 2.05) is 13.0 Å². The van der Waals surface area contributed by atoms with Crippen LogP contribution in [0.1, 0.15) is 23.7 Å². The number of anilines is 1. The van der Waals surface area contributed by atoms with E-state index >= 15 is 0 Å². The van der Waals surface area contributed by atoms with Crippen molar-refractivity contribution in [3.63, 3.8) is 0 Å². The molecule has 0 aromatic heterocycles. The van der Waals surface area contributed by atoms with E-state index in [0.717, 1.165) is 5.56 Å². The third-order valence-electron chi connectivity index (χ3n) is 2.51. The molecule has 0 radical (unpaired) electrons. The van der Waals surface area contributed by atoms with Gasteiger partial charge in [0.1, 0.15) is 6.10 Å². The van der Waals surface area contributed by atoms with E-state index in [-0.39, 0.29) is 13.0 Å². The van der Waals surface area contributed by atoms with Crippen LogP contribution in [0.2, 0.25) is 0 Å². The normalized spacial score (nSPS) is 13.8. The Bertz CT molecular complexity index is 429. The van der Waals surface area contributed by atoms with Gasteiger partial charge in [0, 0.05) is 22.7 Å². The lowest BCUT2D eigenvalue weighted by Crippen LogP contribution is -2.20. The molecule has 0 aliphatic rings. The van der Waals surface area contributed by atoms with Crippen molar-refractivity contribution in [1.82, 2.24) is 0 Å². The highest BCUT2D eigenvalue weighted by molar-refractivity contribution is 5.50. The fourth-order valence-corrected chi connectivity index (χ4v) is 1.56. The molecule has 0 saturated carbocycles. The zero-order chi connectivity index (χ0) is 12.8. The Kier molecular flexibility index (Phi) is 4.78. The maximum Gasteiger partial charge on any atom is 0.107 e. The van der Waals surface area contributed by atoms with Gasteiger partial charge in [0.2, 0.25) is 0 Å². The number of azide groups is 1. The van der Waals surface area contributed by atoms with Gasteiger partial charge in [-0.2, -0.15) is 0 Å². The van der Waals surface area contributed by atoms with Crippen molar-refractivity contribution < 1.29 is 10.2 Å². The highest BCUT2D eigenvalue weighted by Gasteiger charge is 2.19. The second-order valence-corrected chi connectivity index (χ2v) is 3.89. The van der Waals surface area contributed by atoms with Crippen LogP contribution in [0.3, 0.4) is 0 Å². The van der Waals surface area contributed by atoms with Gasteiger partial charge in [0.25, 0.3) is 0 Å². The molecule has 0 bridgehead atoms. The van der Waals surface area contributed by atoms with E-state index in [4.69, 9.17) is 11.3 Å². The minimum atomic E-state index is -1.07. The molecule has 1 rings (SSSR count). The lowest BCUT2D eigenvalue weighted by molar-refractivity contribution is 0.0154. The van der Waals surface area contributed by atoms with Gasteiger partial charge in [-0.25, -0.2) is 0 Å². The molecule has 2 atom stereocenters. The summed E-state index contributed by atoms with van der Waals surface area (Å²) < 4.78 is 0. The predicted molar refractivity (Wildman–Crippen MR) is 65.2 cm³/mol. The first-order valence-corrected chi connectivity index (χ1v) is 5.29. The number of benzene rings is 1. The fourth-order valence-electron chi connectivity index (χ4n) is 1.56. The summed E-state index contributed by atoms with van der Waals surface area (Å²) >= 11 is 0. The Morgan fingerprint density at radius 1 is 1.47 bits per heavy atom. The van der Waals surface area contributed by atoms with Gasteiger partial charge < -0.3 is 15.9 Å². The van der Waals surface area contributed by atoms with E-state index in [2.05, 4.69) is 10.0 Å². The minimum Gasteiger partial charge on any atom is -0.398 e. The summed E-state index contributed by atoms with van der Waals surface area (Å²) in [5.74, 6) is 0. The van der Waals surface area contributed by atoms with Crippen LogP contribution < -0.4 is 5.73 Å². The van der Waals surface area contributed by atoms with Crippen LogP contribution in [-0.4, -0.2) is 22.9 Å². The number of rotatable bonds is 5. The largest absolute Gasteiger partial charge is 0.398 e. The average molecular weight is 236 g/mol. The number of aryl methyl sites for hydroxylation is 1. The van der Waals surface area contributed by atoms with Crippen LogP contribution in [0.25, 0.3) is 10.4 Å². The summed E-state index contributed by atoms with van der Waals surface area (Å²) in [6.45, 7) is 2.03. The molecule has 2 unspecified atom stereocenters. The van der Waals surface area contributed by atoms with Crippen LogP contribution in [0.5, 0.6) is 0 Å². The Labute approximate surface area is 99.3 Å². The summed E-state index contributed by atoms with van der Waals surface area (Å²) in [5, 5.41) is 22.9. The van der Waals surface area contributed by atoms with Crippen molar-refractivity contribution in [3.8, 4) is 0 Å². The van der Waals surface area contributed by atoms with Crippen LogP contribution in [0, 0.1) is 6.92 Å². The number of nitrogens with zero attached hydrogens (tertiary/aromatic N) is 3. The molecule has 0 saturated heterocycles. The lowest BCUT2D eigenvalue weighted by atomic mass is 9.99. The number of aliphatic hydroxyl groups is 2. The van der Waals surface area contributed by atoms with Gasteiger partial charge in [-0.1, -0.05) is 17.2 Å². The van der Waals surface area contributed by atoms with Crippen molar-refractivity contribution in [3.05, 3.63) is 39.8 Å². The fraction of sp³-hybridized carbons (Fsp3) is 0.455.